The minimum atomic E-state index is -4.09. The molecule has 0 fully saturated rings. The molecule has 0 aliphatic heterocycles. The van der Waals surface area contributed by atoms with Crippen molar-refractivity contribution < 1.29 is 18.0 Å². The molecule has 3 rings (SSSR count). The molecule has 0 aliphatic carbocycles. The summed E-state index contributed by atoms with van der Waals surface area (Å²) in [5.74, 6) is -1.73. The van der Waals surface area contributed by atoms with Gasteiger partial charge in [0.15, 0.2) is 0 Å². The third-order valence-corrected chi connectivity index (χ3v) is 6.81. The van der Waals surface area contributed by atoms with Gasteiger partial charge in [0.05, 0.1) is 4.90 Å². The molecule has 0 spiro atoms. The third-order valence-electron chi connectivity index (χ3n) is 4.96. The van der Waals surface area contributed by atoms with E-state index in [0.717, 1.165) is 5.56 Å². The van der Waals surface area contributed by atoms with Crippen molar-refractivity contribution in [2.75, 3.05) is 7.05 Å². The molecule has 1 aromatic heterocycles. The van der Waals surface area contributed by atoms with E-state index in [2.05, 4.69) is 4.98 Å². The third kappa shape index (κ3) is 4.39. The highest BCUT2D eigenvalue weighted by atomic mass is 32.2. The summed E-state index contributed by atoms with van der Waals surface area (Å²) in [7, 11) is -2.47. The van der Waals surface area contributed by atoms with Crippen LogP contribution in [0.15, 0.2) is 70.5 Å². The summed E-state index contributed by atoms with van der Waals surface area (Å²) in [6.45, 7) is 3.86. The molecule has 0 aliphatic rings. The van der Waals surface area contributed by atoms with E-state index in [9.17, 15) is 18.0 Å². The maximum absolute atomic E-state index is 13.4. The maximum atomic E-state index is 13.4. The first-order chi connectivity index (χ1) is 14.6. The Balaban J connectivity index is 2.15. The molecule has 2 aromatic carbocycles. The van der Waals surface area contributed by atoms with E-state index >= 15 is 0 Å². The van der Waals surface area contributed by atoms with Crippen molar-refractivity contribution in [3.8, 4) is 0 Å². The molecule has 8 heteroatoms. The Morgan fingerprint density at radius 3 is 2.03 bits per heavy atom. The fraction of sp³-hybridized carbons (Fsp3) is 0.217. The Kier molecular flexibility index (Phi) is 6.31. The molecule has 0 radical (unpaired) electrons. The normalized spacial score (nSPS) is 11.5. The predicted octanol–water partition coefficient (Wildman–Crippen LogP) is 3.34. The van der Waals surface area contributed by atoms with Crippen LogP contribution in [0.5, 0.6) is 0 Å². The number of carbonyl (C=O) groups excluding carboxylic acids is 2. The van der Waals surface area contributed by atoms with Crippen molar-refractivity contribution in [1.82, 2.24) is 9.88 Å². The minimum Gasteiger partial charge on any atom is -0.364 e. The van der Waals surface area contributed by atoms with Gasteiger partial charge in [-0.2, -0.15) is 0 Å². The van der Waals surface area contributed by atoms with Crippen molar-refractivity contribution in [2.45, 2.75) is 36.1 Å². The highest BCUT2D eigenvalue weighted by Gasteiger charge is 2.35. The number of rotatable bonds is 7. The van der Waals surface area contributed by atoms with Gasteiger partial charge in [-0.15, -0.1) is 0 Å². The predicted molar refractivity (Wildman–Crippen MR) is 118 cm³/mol. The van der Waals surface area contributed by atoms with Crippen LogP contribution in [0.4, 0.5) is 0 Å². The quantitative estimate of drug-likeness (QED) is 0.588. The highest BCUT2D eigenvalue weighted by molar-refractivity contribution is 7.91. The molecule has 3 N–H and O–H groups in total. The van der Waals surface area contributed by atoms with Crippen LogP contribution in [0.1, 0.15) is 51.9 Å². The van der Waals surface area contributed by atoms with E-state index in [1.54, 1.807) is 39.1 Å². The molecule has 7 nitrogen and oxygen atoms in total. The number of sulfone groups is 1. The molecule has 0 unspecified atom stereocenters. The molecule has 31 heavy (non-hydrogen) atoms. The fourth-order valence-electron chi connectivity index (χ4n) is 3.51. The second-order valence-electron chi connectivity index (χ2n) is 7.60. The number of nitrogens with zero attached hydrogens (tertiary/aromatic N) is 1. The topological polar surface area (TPSA) is 113 Å². The number of hydrogen-bond acceptors (Lipinski definition) is 4. The molecular weight excluding hydrogens is 414 g/mol. The zero-order valence-corrected chi connectivity index (χ0v) is 18.4. The standard InChI is InChI=1S/C23H25N3O4S/c1-15(2)18-19(23(28)26(3)14-16-10-6-4-7-11-16)25-20(22(24)27)21(18)31(29,30)17-12-8-5-9-13-17/h4-13,15,25H,14H2,1-3H3,(H2,24,27). The molecule has 0 atom stereocenters. The van der Waals surface area contributed by atoms with Gasteiger partial charge < -0.3 is 15.6 Å². The smallest absolute Gasteiger partial charge is 0.270 e. The number of carbonyl (C=O) groups is 2. The van der Waals surface area contributed by atoms with Crippen LogP contribution in [0, 0.1) is 0 Å². The average molecular weight is 440 g/mol. The largest absolute Gasteiger partial charge is 0.364 e. The lowest BCUT2D eigenvalue weighted by atomic mass is 10.0. The zero-order chi connectivity index (χ0) is 22.8. The van der Waals surface area contributed by atoms with Crippen LogP contribution in [0.25, 0.3) is 0 Å². The lowest BCUT2D eigenvalue weighted by molar-refractivity contribution is 0.0778. The number of nitrogens with two attached hydrogens (primary N) is 1. The lowest BCUT2D eigenvalue weighted by Crippen LogP contribution is -2.27. The van der Waals surface area contributed by atoms with Crippen LogP contribution < -0.4 is 5.73 Å². The van der Waals surface area contributed by atoms with Gasteiger partial charge in [0, 0.05) is 19.2 Å². The van der Waals surface area contributed by atoms with Crippen LogP contribution >= 0.6 is 0 Å². The van der Waals surface area contributed by atoms with Gasteiger partial charge in [-0.1, -0.05) is 62.4 Å². The molecule has 0 saturated carbocycles. The van der Waals surface area contributed by atoms with E-state index in [1.165, 1.54) is 17.0 Å². The Morgan fingerprint density at radius 1 is 0.968 bits per heavy atom. The summed E-state index contributed by atoms with van der Waals surface area (Å²) in [5, 5.41) is 0. The molecule has 2 amide bonds. The number of nitrogens with one attached hydrogen (secondary N) is 1. The number of amides is 2. The van der Waals surface area contributed by atoms with Crippen molar-refractivity contribution >= 4 is 21.7 Å². The zero-order valence-electron chi connectivity index (χ0n) is 17.6. The Hall–Kier alpha value is -3.39. The molecule has 1 heterocycles. The maximum Gasteiger partial charge on any atom is 0.270 e. The van der Waals surface area contributed by atoms with E-state index in [0.29, 0.717) is 6.54 Å². The SMILES string of the molecule is CC(C)c1c(C(=O)N(C)Cc2ccccc2)[nH]c(C(N)=O)c1S(=O)(=O)c1ccccc1. The summed E-state index contributed by atoms with van der Waals surface area (Å²) < 4.78 is 26.9. The minimum absolute atomic E-state index is 0.0232. The number of aromatic amines is 1. The van der Waals surface area contributed by atoms with Gasteiger partial charge in [0.25, 0.3) is 11.8 Å². The first-order valence-corrected chi connectivity index (χ1v) is 11.3. The second-order valence-corrected chi connectivity index (χ2v) is 9.49. The summed E-state index contributed by atoms with van der Waals surface area (Å²) in [5.41, 5.74) is 6.45. The molecule has 0 saturated heterocycles. The van der Waals surface area contributed by atoms with Gasteiger partial charge in [0.1, 0.15) is 16.3 Å². The van der Waals surface area contributed by atoms with Gasteiger partial charge in [-0.05, 0) is 23.6 Å². The van der Waals surface area contributed by atoms with Crippen LogP contribution in [-0.4, -0.2) is 37.2 Å². The van der Waals surface area contributed by atoms with Crippen molar-refractivity contribution in [3.05, 3.63) is 83.2 Å². The molecule has 0 bridgehead atoms. The summed E-state index contributed by atoms with van der Waals surface area (Å²) >= 11 is 0. The monoisotopic (exact) mass is 439 g/mol. The molecule has 162 valence electrons. The lowest BCUT2D eigenvalue weighted by Gasteiger charge is -2.19. The van der Waals surface area contributed by atoms with Gasteiger partial charge >= 0.3 is 0 Å². The second kappa shape index (κ2) is 8.77. The van der Waals surface area contributed by atoms with Crippen molar-refractivity contribution in [2.24, 2.45) is 5.73 Å². The van der Waals surface area contributed by atoms with Crippen LogP contribution in [-0.2, 0) is 16.4 Å². The number of H-pyrrole nitrogens is 1. The van der Waals surface area contributed by atoms with E-state index in [-0.39, 0.29) is 32.7 Å². The Labute approximate surface area is 181 Å². The van der Waals surface area contributed by atoms with Gasteiger partial charge in [0.2, 0.25) is 9.84 Å². The summed E-state index contributed by atoms with van der Waals surface area (Å²) in [6, 6.07) is 17.2. The van der Waals surface area contributed by atoms with E-state index in [1.807, 2.05) is 30.3 Å². The fourth-order valence-corrected chi connectivity index (χ4v) is 5.31. The molecular formula is C23H25N3O4S. The van der Waals surface area contributed by atoms with Crippen molar-refractivity contribution in [1.29, 1.82) is 0 Å². The first kappa shape index (κ1) is 22.3. The number of aromatic nitrogens is 1. The van der Waals surface area contributed by atoms with Crippen LogP contribution in [0.2, 0.25) is 0 Å². The van der Waals surface area contributed by atoms with E-state index in [4.69, 9.17) is 5.73 Å². The average Bonchev–Trinajstić information content (AvgIpc) is 3.17. The number of hydrogen-bond donors (Lipinski definition) is 2. The summed E-state index contributed by atoms with van der Waals surface area (Å²) in [4.78, 5) is 29.4. The first-order valence-electron chi connectivity index (χ1n) is 9.79. The number of benzene rings is 2. The van der Waals surface area contributed by atoms with E-state index < -0.39 is 21.7 Å². The Morgan fingerprint density at radius 2 is 1.52 bits per heavy atom. The van der Waals surface area contributed by atoms with Gasteiger partial charge in [-0.25, -0.2) is 8.42 Å². The molecule has 3 aromatic rings. The van der Waals surface area contributed by atoms with Crippen LogP contribution in [0.3, 0.4) is 0 Å². The highest BCUT2D eigenvalue weighted by Crippen LogP contribution is 2.35. The Bertz CT molecular complexity index is 1200. The van der Waals surface area contributed by atoms with Gasteiger partial charge in [-0.3, -0.25) is 9.59 Å². The number of primary amides is 1. The summed E-state index contributed by atoms with van der Waals surface area (Å²) in [6.07, 6.45) is 0. The van der Waals surface area contributed by atoms with Crippen molar-refractivity contribution in [3.63, 3.8) is 0 Å².